The highest BCUT2D eigenvalue weighted by Crippen LogP contribution is 2.16. The summed E-state index contributed by atoms with van der Waals surface area (Å²) < 4.78 is 0. The van der Waals surface area contributed by atoms with Gasteiger partial charge in [0.1, 0.15) is 0 Å². The van der Waals surface area contributed by atoms with Crippen molar-refractivity contribution < 1.29 is 0 Å². The van der Waals surface area contributed by atoms with Gasteiger partial charge in [0.2, 0.25) is 0 Å². The number of hydrogen-bond acceptors (Lipinski definition) is 2. The van der Waals surface area contributed by atoms with E-state index in [2.05, 4.69) is 47.6 Å². The van der Waals surface area contributed by atoms with Crippen molar-refractivity contribution in [3.8, 4) is 0 Å². The van der Waals surface area contributed by atoms with Gasteiger partial charge in [-0.3, -0.25) is 0 Å². The van der Waals surface area contributed by atoms with Crippen LogP contribution in [0.2, 0.25) is 0 Å². The maximum Gasteiger partial charge on any atom is 0.00219 e. The number of piperidine rings is 1. The van der Waals surface area contributed by atoms with E-state index in [9.17, 15) is 0 Å². The highest BCUT2D eigenvalue weighted by molar-refractivity contribution is 5.14. The third-order valence-corrected chi connectivity index (χ3v) is 3.66. The summed E-state index contributed by atoms with van der Waals surface area (Å²) in [6, 6.07) is 10.8. The average Bonchev–Trinajstić information content (AvgIpc) is 2.39. The normalized spacial score (nSPS) is 21.6. The summed E-state index contributed by atoms with van der Waals surface area (Å²) in [6.07, 6.45) is 3.94. The van der Waals surface area contributed by atoms with E-state index in [0.717, 1.165) is 5.92 Å². The van der Waals surface area contributed by atoms with Crippen molar-refractivity contribution in [2.45, 2.75) is 19.3 Å². The van der Waals surface area contributed by atoms with Crippen molar-refractivity contribution >= 4 is 0 Å². The highest BCUT2D eigenvalue weighted by atomic mass is 15.1. The number of likely N-dealkylation sites (tertiary alicyclic amines) is 1. The van der Waals surface area contributed by atoms with Crippen LogP contribution >= 0.6 is 0 Å². The molecule has 0 spiro atoms. The Hall–Kier alpha value is -0.860. The molecule has 1 fully saturated rings. The standard InChI is InChI=1S/C15H24N2/c1-16-12-15-8-5-10-17(13-15)11-9-14-6-3-2-4-7-14/h2-4,6-7,15-16H,5,8-13H2,1H3. The van der Waals surface area contributed by atoms with Gasteiger partial charge in [-0.05, 0) is 50.9 Å². The van der Waals surface area contributed by atoms with Gasteiger partial charge in [-0.15, -0.1) is 0 Å². The van der Waals surface area contributed by atoms with Crippen LogP contribution in [0, 0.1) is 5.92 Å². The molecule has 1 aromatic carbocycles. The fourth-order valence-corrected chi connectivity index (χ4v) is 2.74. The first kappa shape index (κ1) is 12.6. The van der Waals surface area contributed by atoms with Crippen LogP contribution < -0.4 is 5.32 Å². The number of benzene rings is 1. The van der Waals surface area contributed by atoms with Gasteiger partial charge in [-0.1, -0.05) is 30.3 Å². The van der Waals surface area contributed by atoms with E-state index in [1.54, 1.807) is 0 Å². The summed E-state index contributed by atoms with van der Waals surface area (Å²) >= 11 is 0. The molecule has 0 aromatic heterocycles. The molecule has 1 saturated heterocycles. The summed E-state index contributed by atoms with van der Waals surface area (Å²) in [5.41, 5.74) is 1.46. The molecule has 1 aromatic rings. The molecule has 2 nitrogen and oxygen atoms in total. The molecule has 0 saturated carbocycles. The minimum atomic E-state index is 0.851. The summed E-state index contributed by atoms with van der Waals surface area (Å²) in [5.74, 6) is 0.851. The molecule has 94 valence electrons. The summed E-state index contributed by atoms with van der Waals surface area (Å²) in [4.78, 5) is 2.62. The predicted octanol–water partition coefficient (Wildman–Crippen LogP) is 2.16. The van der Waals surface area contributed by atoms with Gasteiger partial charge in [0.15, 0.2) is 0 Å². The molecule has 1 atom stereocenters. The topological polar surface area (TPSA) is 15.3 Å². The second-order valence-corrected chi connectivity index (χ2v) is 5.10. The lowest BCUT2D eigenvalue weighted by atomic mass is 9.97. The van der Waals surface area contributed by atoms with Gasteiger partial charge < -0.3 is 10.2 Å². The molecule has 17 heavy (non-hydrogen) atoms. The van der Waals surface area contributed by atoms with Crippen LogP contribution in [0.5, 0.6) is 0 Å². The summed E-state index contributed by atoms with van der Waals surface area (Å²) in [7, 11) is 2.06. The fraction of sp³-hybridized carbons (Fsp3) is 0.600. The molecule has 0 amide bonds. The van der Waals surface area contributed by atoms with E-state index in [1.807, 2.05) is 0 Å². The summed E-state index contributed by atoms with van der Waals surface area (Å²) in [5, 5.41) is 3.31. The van der Waals surface area contributed by atoms with E-state index in [0.29, 0.717) is 0 Å². The van der Waals surface area contributed by atoms with Crippen molar-refractivity contribution in [2.75, 3.05) is 33.2 Å². The second kappa shape index (κ2) is 6.77. The maximum atomic E-state index is 3.31. The lowest BCUT2D eigenvalue weighted by Gasteiger charge is -2.32. The van der Waals surface area contributed by atoms with Crippen LogP contribution in [0.3, 0.4) is 0 Å². The molecule has 1 heterocycles. The Morgan fingerprint density at radius 3 is 2.88 bits per heavy atom. The number of nitrogens with zero attached hydrogens (tertiary/aromatic N) is 1. The highest BCUT2D eigenvalue weighted by Gasteiger charge is 2.18. The minimum Gasteiger partial charge on any atom is -0.319 e. The van der Waals surface area contributed by atoms with E-state index < -0.39 is 0 Å². The first-order valence-corrected chi connectivity index (χ1v) is 6.79. The molecule has 2 rings (SSSR count). The van der Waals surface area contributed by atoms with Gasteiger partial charge >= 0.3 is 0 Å². The zero-order valence-corrected chi connectivity index (χ0v) is 10.9. The lowest BCUT2D eigenvalue weighted by molar-refractivity contribution is 0.175. The zero-order chi connectivity index (χ0) is 11.9. The number of nitrogens with one attached hydrogen (secondary N) is 1. The van der Waals surface area contributed by atoms with Crippen LogP contribution in [0.15, 0.2) is 30.3 Å². The Balaban J connectivity index is 1.75. The van der Waals surface area contributed by atoms with Crippen LogP contribution in [0.25, 0.3) is 0 Å². The van der Waals surface area contributed by atoms with Gasteiger partial charge in [0.25, 0.3) is 0 Å². The fourth-order valence-electron chi connectivity index (χ4n) is 2.74. The van der Waals surface area contributed by atoms with Gasteiger partial charge in [0.05, 0.1) is 0 Å². The van der Waals surface area contributed by atoms with Crippen LogP contribution in [-0.2, 0) is 6.42 Å². The van der Waals surface area contributed by atoms with E-state index >= 15 is 0 Å². The molecular formula is C15H24N2. The second-order valence-electron chi connectivity index (χ2n) is 5.10. The molecule has 1 aliphatic heterocycles. The maximum absolute atomic E-state index is 3.31. The summed E-state index contributed by atoms with van der Waals surface area (Å²) in [6.45, 7) is 4.94. The smallest absolute Gasteiger partial charge is 0.00219 e. The average molecular weight is 232 g/mol. The molecule has 1 N–H and O–H groups in total. The van der Waals surface area contributed by atoms with Gasteiger partial charge in [-0.2, -0.15) is 0 Å². The number of hydrogen-bond donors (Lipinski definition) is 1. The molecule has 0 bridgehead atoms. The molecule has 0 radical (unpaired) electrons. The molecule has 2 heteroatoms. The lowest BCUT2D eigenvalue weighted by Crippen LogP contribution is -2.39. The molecule has 0 aliphatic carbocycles. The van der Waals surface area contributed by atoms with Crippen LogP contribution in [-0.4, -0.2) is 38.1 Å². The molecule has 1 unspecified atom stereocenters. The molecule has 1 aliphatic rings. The van der Waals surface area contributed by atoms with E-state index in [-0.39, 0.29) is 0 Å². The van der Waals surface area contributed by atoms with Crippen molar-refractivity contribution in [2.24, 2.45) is 5.92 Å². The number of rotatable bonds is 5. The minimum absolute atomic E-state index is 0.851. The van der Waals surface area contributed by atoms with Gasteiger partial charge in [-0.25, -0.2) is 0 Å². The Morgan fingerprint density at radius 2 is 2.12 bits per heavy atom. The third-order valence-electron chi connectivity index (χ3n) is 3.66. The van der Waals surface area contributed by atoms with E-state index in [4.69, 9.17) is 0 Å². The Labute approximate surface area is 105 Å². The third kappa shape index (κ3) is 4.14. The predicted molar refractivity (Wildman–Crippen MR) is 73.2 cm³/mol. The first-order valence-electron chi connectivity index (χ1n) is 6.79. The van der Waals surface area contributed by atoms with Crippen molar-refractivity contribution in [1.82, 2.24) is 10.2 Å². The molecular weight excluding hydrogens is 208 g/mol. The SMILES string of the molecule is CNCC1CCCN(CCc2ccccc2)C1. The Bertz CT molecular complexity index is 308. The Morgan fingerprint density at radius 1 is 1.29 bits per heavy atom. The first-order chi connectivity index (χ1) is 8.38. The van der Waals surface area contributed by atoms with Crippen LogP contribution in [0.1, 0.15) is 18.4 Å². The van der Waals surface area contributed by atoms with E-state index in [1.165, 1.54) is 51.0 Å². The Kier molecular flexibility index (Phi) is 5.02. The largest absolute Gasteiger partial charge is 0.319 e. The van der Waals surface area contributed by atoms with Crippen LogP contribution in [0.4, 0.5) is 0 Å². The van der Waals surface area contributed by atoms with Crippen molar-refractivity contribution in [3.05, 3.63) is 35.9 Å². The van der Waals surface area contributed by atoms with Crippen molar-refractivity contribution in [3.63, 3.8) is 0 Å². The van der Waals surface area contributed by atoms with Crippen molar-refractivity contribution in [1.29, 1.82) is 0 Å². The van der Waals surface area contributed by atoms with Gasteiger partial charge in [0, 0.05) is 13.1 Å². The zero-order valence-electron chi connectivity index (χ0n) is 10.9. The quantitative estimate of drug-likeness (QED) is 0.837. The monoisotopic (exact) mass is 232 g/mol.